The second-order valence-electron chi connectivity index (χ2n) is 4.79. The summed E-state index contributed by atoms with van der Waals surface area (Å²) in [6.45, 7) is 0.420. The summed E-state index contributed by atoms with van der Waals surface area (Å²) in [6, 6.07) is 1.54. The molecule has 18 heavy (non-hydrogen) atoms. The van der Waals surface area contributed by atoms with Crippen LogP contribution in [-0.4, -0.2) is 20.1 Å². The first kappa shape index (κ1) is 14.0. The lowest BCUT2D eigenvalue weighted by Gasteiger charge is -2.21. The van der Waals surface area contributed by atoms with E-state index in [2.05, 4.69) is 4.72 Å². The molecule has 2 rings (SSSR count). The monoisotopic (exact) mass is 289 g/mol. The Morgan fingerprint density at radius 3 is 2.67 bits per heavy atom. The first-order chi connectivity index (χ1) is 8.62. The molecule has 0 spiro atoms. The molecule has 1 heterocycles. The highest BCUT2D eigenvalue weighted by Crippen LogP contribution is 2.24. The number of aliphatic hydroxyl groups excluding tert-OH is 1. The Balaban J connectivity index is 1.94. The van der Waals surface area contributed by atoms with Crippen molar-refractivity contribution in [1.29, 1.82) is 0 Å². The van der Waals surface area contributed by atoms with Crippen LogP contribution in [0.3, 0.4) is 0 Å². The molecule has 1 fully saturated rings. The van der Waals surface area contributed by atoms with Crippen LogP contribution in [0, 0.1) is 5.92 Å². The molecule has 0 bridgehead atoms. The number of hydrogen-bond acceptors (Lipinski definition) is 4. The van der Waals surface area contributed by atoms with Crippen molar-refractivity contribution in [2.75, 3.05) is 6.54 Å². The Labute approximate surface area is 112 Å². The Morgan fingerprint density at radius 1 is 1.33 bits per heavy atom. The van der Waals surface area contributed by atoms with Gasteiger partial charge in [-0.3, -0.25) is 0 Å². The second kappa shape index (κ2) is 6.14. The number of thiophene rings is 1. The van der Waals surface area contributed by atoms with Gasteiger partial charge in [0, 0.05) is 6.54 Å². The average molecular weight is 289 g/mol. The van der Waals surface area contributed by atoms with Crippen LogP contribution >= 0.6 is 11.3 Å². The van der Waals surface area contributed by atoms with E-state index in [4.69, 9.17) is 5.11 Å². The van der Waals surface area contributed by atoms with Crippen molar-refractivity contribution in [3.05, 3.63) is 17.0 Å². The van der Waals surface area contributed by atoms with Crippen molar-refractivity contribution in [2.24, 2.45) is 5.92 Å². The topological polar surface area (TPSA) is 66.4 Å². The quantitative estimate of drug-likeness (QED) is 0.872. The van der Waals surface area contributed by atoms with E-state index < -0.39 is 10.0 Å². The fourth-order valence-electron chi connectivity index (χ4n) is 2.27. The lowest BCUT2D eigenvalue weighted by Crippen LogP contribution is -2.29. The van der Waals surface area contributed by atoms with Crippen LogP contribution in [0.25, 0.3) is 0 Å². The maximum atomic E-state index is 12.0. The Morgan fingerprint density at radius 2 is 2.06 bits per heavy atom. The Kier molecular flexibility index (Phi) is 4.77. The molecule has 1 aliphatic carbocycles. The molecule has 0 atom stereocenters. The molecule has 6 heteroatoms. The normalized spacial score (nSPS) is 18.1. The van der Waals surface area contributed by atoms with Gasteiger partial charge in [0.05, 0.1) is 6.61 Å². The second-order valence-corrected chi connectivity index (χ2v) is 7.69. The van der Waals surface area contributed by atoms with Crippen LogP contribution < -0.4 is 4.72 Å². The zero-order valence-corrected chi connectivity index (χ0v) is 11.9. The van der Waals surface area contributed by atoms with Gasteiger partial charge in [-0.05, 0) is 35.8 Å². The summed E-state index contributed by atoms with van der Waals surface area (Å²) in [5, 5.41) is 10.6. The van der Waals surface area contributed by atoms with Crippen LogP contribution in [0.5, 0.6) is 0 Å². The van der Waals surface area contributed by atoms with Gasteiger partial charge in [0.2, 0.25) is 10.0 Å². The van der Waals surface area contributed by atoms with E-state index in [-0.39, 0.29) is 6.61 Å². The van der Waals surface area contributed by atoms with Crippen molar-refractivity contribution < 1.29 is 13.5 Å². The van der Waals surface area contributed by atoms with Crippen molar-refractivity contribution in [3.63, 3.8) is 0 Å². The molecule has 1 aromatic rings. The Hall–Kier alpha value is -0.430. The summed E-state index contributed by atoms with van der Waals surface area (Å²) in [4.78, 5) is 0. The fraction of sp³-hybridized carbons (Fsp3) is 0.667. The van der Waals surface area contributed by atoms with Crippen molar-refractivity contribution in [3.8, 4) is 0 Å². The van der Waals surface area contributed by atoms with E-state index in [0.717, 1.165) is 24.2 Å². The van der Waals surface area contributed by atoms with Gasteiger partial charge >= 0.3 is 0 Å². The summed E-state index contributed by atoms with van der Waals surface area (Å²) in [5.41, 5.74) is 0.651. The molecule has 4 nitrogen and oxygen atoms in total. The van der Waals surface area contributed by atoms with Gasteiger partial charge in [0.15, 0.2) is 0 Å². The van der Waals surface area contributed by atoms with E-state index in [1.165, 1.54) is 25.3 Å². The highest BCUT2D eigenvalue weighted by Gasteiger charge is 2.20. The zero-order valence-electron chi connectivity index (χ0n) is 10.3. The highest BCUT2D eigenvalue weighted by molar-refractivity contribution is 7.91. The smallest absolute Gasteiger partial charge is 0.250 e. The van der Waals surface area contributed by atoms with Crippen LogP contribution in [0.4, 0.5) is 0 Å². The fourth-order valence-corrected chi connectivity index (χ4v) is 4.63. The minimum atomic E-state index is -3.39. The lowest BCUT2D eigenvalue weighted by atomic mass is 9.90. The molecule has 2 N–H and O–H groups in total. The van der Waals surface area contributed by atoms with Gasteiger partial charge in [-0.2, -0.15) is 0 Å². The maximum Gasteiger partial charge on any atom is 0.250 e. The van der Waals surface area contributed by atoms with Crippen LogP contribution in [0.15, 0.2) is 15.7 Å². The summed E-state index contributed by atoms with van der Waals surface area (Å²) in [6.07, 6.45) is 5.93. The van der Waals surface area contributed by atoms with E-state index in [0.29, 0.717) is 22.2 Å². The lowest BCUT2D eigenvalue weighted by molar-refractivity contribution is 0.282. The highest BCUT2D eigenvalue weighted by atomic mass is 32.2. The van der Waals surface area contributed by atoms with E-state index in [9.17, 15) is 8.42 Å². The molecule has 1 aliphatic rings. The largest absolute Gasteiger partial charge is 0.392 e. The molecule has 0 unspecified atom stereocenters. The number of nitrogens with one attached hydrogen (secondary N) is 1. The number of sulfonamides is 1. The van der Waals surface area contributed by atoms with Crippen molar-refractivity contribution in [2.45, 2.75) is 42.9 Å². The average Bonchev–Trinajstić information content (AvgIpc) is 2.87. The third kappa shape index (κ3) is 3.54. The first-order valence-corrected chi connectivity index (χ1v) is 8.66. The van der Waals surface area contributed by atoms with Gasteiger partial charge in [-0.25, -0.2) is 13.1 Å². The molecule has 0 aromatic carbocycles. The van der Waals surface area contributed by atoms with Gasteiger partial charge in [0.25, 0.3) is 0 Å². The van der Waals surface area contributed by atoms with E-state index >= 15 is 0 Å². The predicted molar refractivity (Wildman–Crippen MR) is 72.0 cm³/mol. The summed E-state index contributed by atoms with van der Waals surface area (Å²) >= 11 is 1.16. The molecular weight excluding hydrogens is 270 g/mol. The molecule has 0 aliphatic heterocycles. The minimum Gasteiger partial charge on any atom is -0.392 e. The van der Waals surface area contributed by atoms with Crippen molar-refractivity contribution in [1.82, 2.24) is 4.72 Å². The molecule has 0 saturated heterocycles. The third-order valence-electron chi connectivity index (χ3n) is 3.36. The van der Waals surface area contributed by atoms with Crippen LogP contribution in [0.1, 0.15) is 37.7 Å². The number of aliphatic hydroxyl groups is 1. The summed E-state index contributed by atoms with van der Waals surface area (Å²) < 4.78 is 27.0. The van der Waals surface area contributed by atoms with E-state index in [1.807, 2.05) is 0 Å². The maximum absolute atomic E-state index is 12.0. The van der Waals surface area contributed by atoms with Gasteiger partial charge < -0.3 is 5.11 Å². The molecular formula is C12H19NO3S2. The SMILES string of the molecule is O=S(=O)(NCC1CCCCC1)c1cc(CO)cs1. The van der Waals surface area contributed by atoms with Crippen molar-refractivity contribution >= 4 is 21.4 Å². The predicted octanol–water partition coefficient (Wildman–Crippen LogP) is 2.10. The van der Waals surface area contributed by atoms with E-state index in [1.54, 1.807) is 5.38 Å². The third-order valence-corrected chi connectivity index (χ3v) is 6.28. The van der Waals surface area contributed by atoms with Crippen LogP contribution in [-0.2, 0) is 16.6 Å². The molecule has 0 amide bonds. The molecule has 1 saturated carbocycles. The van der Waals surface area contributed by atoms with Crippen LogP contribution in [0.2, 0.25) is 0 Å². The summed E-state index contributed by atoms with van der Waals surface area (Å²) in [7, 11) is -3.39. The van der Waals surface area contributed by atoms with Gasteiger partial charge in [-0.1, -0.05) is 19.3 Å². The molecule has 1 aromatic heterocycles. The molecule has 102 valence electrons. The molecule has 0 radical (unpaired) electrons. The summed E-state index contributed by atoms with van der Waals surface area (Å²) in [5.74, 6) is 0.478. The number of rotatable bonds is 5. The standard InChI is InChI=1S/C12H19NO3S2/c14-8-11-6-12(17-9-11)18(15,16)13-7-10-4-2-1-3-5-10/h6,9-10,13-14H,1-5,7-8H2. The Bertz CT molecular complexity index is 475. The first-order valence-electron chi connectivity index (χ1n) is 6.30. The zero-order chi connectivity index (χ0) is 13.0. The van der Waals surface area contributed by atoms with Gasteiger partial charge in [0.1, 0.15) is 4.21 Å². The van der Waals surface area contributed by atoms with Gasteiger partial charge in [-0.15, -0.1) is 11.3 Å². The minimum absolute atomic E-state index is 0.116. The number of hydrogen-bond donors (Lipinski definition) is 2.